The molecule has 5 nitrogen and oxygen atoms in total. The molecule has 1 amide bonds. The number of nitrogens with zero attached hydrogens (tertiary/aromatic N) is 1. The van der Waals surface area contributed by atoms with Gasteiger partial charge in [-0.25, -0.2) is 0 Å². The fourth-order valence-electron chi connectivity index (χ4n) is 2.85. The van der Waals surface area contributed by atoms with E-state index in [1.54, 1.807) is 0 Å². The Bertz CT molecular complexity index is 582. The summed E-state index contributed by atoms with van der Waals surface area (Å²) in [6.45, 7) is 11.4. The van der Waals surface area contributed by atoms with Crippen LogP contribution in [0.5, 0.6) is 0 Å². The number of quaternary nitrogens is 1. The summed E-state index contributed by atoms with van der Waals surface area (Å²) in [7, 11) is 0. The van der Waals surface area contributed by atoms with Gasteiger partial charge in [-0.2, -0.15) is 0 Å². The van der Waals surface area contributed by atoms with E-state index < -0.39 is 0 Å². The van der Waals surface area contributed by atoms with Crippen LogP contribution < -0.4 is 15.5 Å². The lowest BCUT2D eigenvalue weighted by Crippen LogP contribution is -3.15. The molecule has 1 aromatic rings. The molecule has 1 aliphatic heterocycles. The van der Waals surface area contributed by atoms with E-state index in [2.05, 4.69) is 35.4 Å². The number of amides is 1. The van der Waals surface area contributed by atoms with Gasteiger partial charge in [-0.3, -0.25) is 4.79 Å². The first-order valence-corrected chi connectivity index (χ1v) is 9.14. The molecule has 1 aromatic carbocycles. The molecule has 0 aromatic heterocycles. The molecule has 1 fully saturated rings. The van der Waals surface area contributed by atoms with Gasteiger partial charge in [0, 0.05) is 12.2 Å². The first kappa shape index (κ1) is 18.7. The van der Waals surface area contributed by atoms with Crippen molar-refractivity contribution in [2.24, 2.45) is 0 Å². The molecular formula is C18H29N4OS+. The van der Waals surface area contributed by atoms with Crippen LogP contribution in [0.4, 0.5) is 5.69 Å². The van der Waals surface area contributed by atoms with Crippen molar-refractivity contribution >= 4 is 28.9 Å². The van der Waals surface area contributed by atoms with Gasteiger partial charge >= 0.3 is 0 Å². The average Bonchev–Trinajstić information content (AvgIpc) is 2.57. The molecule has 0 unspecified atom stereocenters. The van der Waals surface area contributed by atoms with Gasteiger partial charge in [-0.1, -0.05) is 19.1 Å². The Hall–Kier alpha value is -1.66. The van der Waals surface area contributed by atoms with Crippen LogP contribution >= 0.6 is 12.2 Å². The first-order chi connectivity index (χ1) is 11.5. The predicted molar refractivity (Wildman–Crippen MR) is 103 cm³/mol. The van der Waals surface area contributed by atoms with Gasteiger partial charge in [0.05, 0.1) is 26.2 Å². The second-order valence-corrected chi connectivity index (χ2v) is 6.83. The highest BCUT2D eigenvalue weighted by Crippen LogP contribution is 2.17. The standard InChI is InChI=1S/C18H28N4OS/c1-4-8-19-18(24)22-11-9-21(10-12-22)13-17(23)20-16-7-5-6-14(2)15(16)3/h5-7H,4,8-13H2,1-3H3,(H,19,24)(H,20,23)/p+1. The van der Waals surface area contributed by atoms with E-state index in [9.17, 15) is 4.79 Å². The van der Waals surface area contributed by atoms with E-state index in [-0.39, 0.29) is 5.91 Å². The van der Waals surface area contributed by atoms with Crippen LogP contribution in [-0.4, -0.2) is 55.2 Å². The molecule has 132 valence electrons. The van der Waals surface area contributed by atoms with Crippen molar-refractivity contribution in [2.75, 3.05) is 44.6 Å². The fourth-order valence-corrected chi connectivity index (χ4v) is 3.14. The molecule has 0 aliphatic carbocycles. The number of nitrogens with one attached hydrogen (secondary N) is 3. The summed E-state index contributed by atoms with van der Waals surface area (Å²) in [5, 5.41) is 7.16. The number of carbonyl (C=O) groups excluding carboxylic acids is 1. The Labute approximate surface area is 150 Å². The molecule has 1 heterocycles. The van der Waals surface area contributed by atoms with Crippen molar-refractivity contribution in [3.8, 4) is 0 Å². The van der Waals surface area contributed by atoms with Gasteiger partial charge in [0.15, 0.2) is 11.7 Å². The SMILES string of the molecule is CCCNC(=S)N1CC[NH+](CC(=O)Nc2cccc(C)c2C)CC1. The van der Waals surface area contributed by atoms with Crippen LogP contribution in [0.2, 0.25) is 0 Å². The number of aryl methyl sites for hydroxylation is 1. The molecule has 0 radical (unpaired) electrons. The highest BCUT2D eigenvalue weighted by atomic mass is 32.1. The lowest BCUT2D eigenvalue weighted by atomic mass is 10.1. The topological polar surface area (TPSA) is 48.8 Å². The summed E-state index contributed by atoms with van der Waals surface area (Å²) in [5.74, 6) is 0.0823. The second-order valence-electron chi connectivity index (χ2n) is 6.44. The monoisotopic (exact) mass is 349 g/mol. The van der Waals surface area contributed by atoms with Crippen molar-refractivity contribution in [3.05, 3.63) is 29.3 Å². The third-order valence-corrected chi connectivity index (χ3v) is 4.98. The minimum Gasteiger partial charge on any atom is -0.363 e. The molecule has 2 rings (SSSR count). The lowest BCUT2D eigenvalue weighted by molar-refractivity contribution is -0.895. The van der Waals surface area contributed by atoms with Crippen LogP contribution in [0.25, 0.3) is 0 Å². The summed E-state index contributed by atoms with van der Waals surface area (Å²) in [6.07, 6.45) is 1.07. The largest absolute Gasteiger partial charge is 0.363 e. The quantitative estimate of drug-likeness (QED) is 0.686. The van der Waals surface area contributed by atoms with Crippen molar-refractivity contribution in [3.63, 3.8) is 0 Å². The third kappa shape index (κ3) is 5.18. The van der Waals surface area contributed by atoms with Gasteiger partial charge in [0.2, 0.25) is 0 Å². The molecule has 3 N–H and O–H groups in total. The summed E-state index contributed by atoms with van der Waals surface area (Å²) in [6, 6.07) is 6.00. The number of benzene rings is 1. The molecule has 0 spiro atoms. The van der Waals surface area contributed by atoms with Gasteiger partial charge in [-0.05, 0) is 49.7 Å². The zero-order valence-corrected chi connectivity index (χ0v) is 15.8. The summed E-state index contributed by atoms with van der Waals surface area (Å²) in [4.78, 5) is 15.8. The number of rotatable bonds is 5. The zero-order chi connectivity index (χ0) is 17.5. The molecular weight excluding hydrogens is 320 g/mol. The molecule has 1 saturated heterocycles. The number of thiocarbonyl (C=S) groups is 1. The highest BCUT2D eigenvalue weighted by Gasteiger charge is 2.23. The number of carbonyl (C=O) groups is 1. The molecule has 0 bridgehead atoms. The highest BCUT2D eigenvalue weighted by molar-refractivity contribution is 7.80. The van der Waals surface area contributed by atoms with E-state index >= 15 is 0 Å². The van der Waals surface area contributed by atoms with E-state index in [1.807, 2.05) is 19.1 Å². The lowest BCUT2D eigenvalue weighted by Gasteiger charge is -2.33. The molecule has 24 heavy (non-hydrogen) atoms. The van der Waals surface area contributed by atoms with Crippen LogP contribution in [-0.2, 0) is 4.79 Å². The predicted octanol–water partition coefficient (Wildman–Crippen LogP) is 0.727. The van der Waals surface area contributed by atoms with Crippen LogP contribution in [0.3, 0.4) is 0 Å². The van der Waals surface area contributed by atoms with Gasteiger partial charge < -0.3 is 20.4 Å². The van der Waals surface area contributed by atoms with Crippen molar-refractivity contribution in [1.29, 1.82) is 0 Å². The Morgan fingerprint density at radius 2 is 2.00 bits per heavy atom. The Kier molecular flexibility index (Phi) is 6.99. The summed E-state index contributed by atoms with van der Waals surface area (Å²) < 4.78 is 0. The number of hydrogen-bond donors (Lipinski definition) is 3. The average molecular weight is 350 g/mol. The molecule has 6 heteroatoms. The van der Waals surface area contributed by atoms with Gasteiger partial charge in [0.1, 0.15) is 0 Å². The number of hydrogen-bond acceptors (Lipinski definition) is 2. The number of piperazine rings is 1. The molecule has 0 saturated carbocycles. The molecule has 0 atom stereocenters. The zero-order valence-electron chi connectivity index (χ0n) is 14.9. The first-order valence-electron chi connectivity index (χ1n) is 8.73. The maximum Gasteiger partial charge on any atom is 0.279 e. The normalized spacial score (nSPS) is 15.2. The maximum atomic E-state index is 12.3. The van der Waals surface area contributed by atoms with Gasteiger partial charge in [0.25, 0.3) is 5.91 Å². The smallest absolute Gasteiger partial charge is 0.279 e. The fraction of sp³-hybridized carbons (Fsp3) is 0.556. The summed E-state index contributed by atoms with van der Waals surface area (Å²) in [5.41, 5.74) is 3.25. The Morgan fingerprint density at radius 3 is 2.67 bits per heavy atom. The third-order valence-electron chi connectivity index (χ3n) is 4.57. The maximum absolute atomic E-state index is 12.3. The van der Waals surface area contributed by atoms with E-state index in [0.29, 0.717) is 6.54 Å². The minimum absolute atomic E-state index is 0.0823. The van der Waals surface area contributed by atoms with E-state index in [1.165, 1.54) is 10.5 Å². The van der Waals surface area contributed by atoms with Crippen molar-refractivity contribution in [2.45, 2.75) is 27.2 Å². The Morgan fingerprint density at radius 1 is 1.29 bits per heavy atom. The molecule has 1 aliphatic rings. The van der Waals surface area contributed by atoms with E-state index in [0.717, 1.165) is 55.5 Å². The van der Waals surface area contributed by atoms with Crippen LogP contribution in [0.1, 0.15) is 24.5 Å². The van der Waals surface area contributed by atoms with Crippen LogP contribution in [0.15, 0.2) is 18.2 Å². The number of anilines is 1. The van der Waals surface area contributed by atoms with Crippen LogP contribution in [0, 0.1) is 13.8 Å². The van der Waals surface area contributed by atoms with Gasteiger partial charge in [-0.15, -0.1) is 0 Å². The van der Waals surface area contributed by atoms with Crippen molar-refractivity contribution < 1.29 is 9.69 Å². The van der Waals surface area contributed by atoms with Crippen molar-refractivity contribution in [1.82, 2.24) is 10.2 Å². The second kappa shape index (κ2) is 8.99. The Balaban J connectivity index is 1.78. The minimum atomic E-state index is 0.0823. The van der Waals surface area contributed by atoms with E-state index in [4.69, 9.17) is 12.2 Å². The summed E-state index contributed by atoms with van der Waals surface area (Å²) >= 11 is 5.41.